The van der Waals surface area contributed by atoms with Crippen LogP contribution in [-0.2, 0) is 9.53 Å². The lowest BCUT2D eigenvalue weighted by atomic mass is 10.1. The van der Waals surface area contributed by atoms with Gasteiger partial charge in [-0.15, -0.1) is 37.0 Å². The van der Waals surface area contributed by atoms with Gasteiger partial charge < -0.3 is 24.1 Å². The van der Waals surface area contributed by atoms with Crippen LogP contribution >= 0.6 is 0 Å². The Hall–Kier alpha value is -3.31. The summed E-state index contributed by atoms with van der Waals surface area (Å²) >= 11 is 0. The average molecular weight is 596 g/mol. The van der Waals surface area contributed by atoms with Crippen LogP contribution in [0.5, 0.6) is 17.2 Å². The number of aliphatic hydroxyl groups excluding tert-OH is 1. The number of carbonyl (C=O) groups is 1. The highest BCUT2D eigenvalue weighted by Crippen LogP contribution is 2.40. The van der Waals surface area contributed by atoms with E-state index in [0.29, 0.717) is 74.9 Å². The number of benzene rings is 1. The number of ether oxygens (including phenoxy) is 4. The summed E-state index contributed by atoms with van der Waals surface area (Å²) in [6.45, 7) is 7.63. The molecule has 0 amide bonds. The summed E-state index contributed by atoms with van der Waals surface area (Å²) < 4.78 is 23.8. The molecule has 0 aliphatic rings. The first-order chi connectivity index (χ1) is 20.7. The molecule has 1 aromatic rings. The van der Waals surface area contributed by atoms with Crippen LogP contribution in [0.2, 0.25) is 0 Å². The van der Waals surface area contributed by atoms with Gasteiger partial charge in [-0.3, -0.25) is 10.1 Å². The Morgan fingerprint density at radius 1 is 0.767 bits per heavy atom. The standard InChI is InChI=1S/C36H53NO6/c1-7-10-13-20-25-40-31-28-30(35(39)37-24-19-17-16-18-23-33(38)43-36(4,5)6)29-32(41-26-21-14-11-8-2)34(31)42-27-22-15-12-9-3/h1-3,28-29,35,37,39H,10-27H2,4-6H3. The second-order valence-corrected chi connectivity index (χ2v) is 11.5. The Balaban J connectivity index is 2.87. The van der Waals surface area contributed by atoms with Crippen molar-refractivity contribution in [2.75, 3.05) is 26.4 Å². The molecule has 2 N–H and O–H groups in total. The summed E-state index contributed by atoms with van der Waals surface area (Å²) in [5.41, 5.74) is 0.172. The topological polar surface area (TPSA) is 86.3 Å². The minimum atomic E-state index is -0.918. The molecule has 0 radical (unpaired) electrons. The van der Waals surface area contributed by atoms with Crippen LogP contribution < -0.4 is 19.5 Å². The number of hydrogen-bond donors (Lipinski definition) is 2. The third-order valence-electron chi connectivity index (χ3n) is 6.33. The maximum absolute atomic E-state index is 11.9. The van der Waals surface area contributed by atoms with Crippen LogP contribution in [0.1, 0.15) is 122 Å². The summed E-state index contributed by atoms with van der Waals surface area (Å²) in [6, 6.07) is 3.61. The lowest BCUT2D eigenvalue weighted by molar-refractivity contribution is -0.154. The number of terminal acetylenes is 3. The Kier molecular flexibility index (Phi) is 20.3. The first kappa shape index (κ1) is 37.7. The van der Waals surface area contributed by atoms with Gasteiger partial charge in [0.2, 0.25) is 5.75 Å². The fourth-order valence-corrected chi connectivity index (χ4v) is 4.13. The number of carbonyl (C=O) groups excluding carboxylic acids is 1. The first-order valence-corrected chi connectivity index (χ1v) is 15.7. The number of hydrogen-bond acceptors (Lipinski definition) is 7. The van der Waals surface area contributed by atoms with Crippen molar-refractivity contribution < 1.29 is 28.8 Å². The minimum absolute atomic E-state index is 0.163. The molecular formula is C36H53NO6. The molecule has 0 fully saturated rings. The van der Waals surface area contributed by atoms with Gasteiger partial charge in [-0.1, -0.05) is 12.8 Å². The van der Waals surface area contributed by atoms with Gasteiger partial charge in [-0.05, 0) is 90.8 Å². The van der Waals surface area contributed by atoms with Gasteiger partial charge in [0.1, 0.15) is 11.8 Å². The van der Waals surface area contributed by atoms with Gasteiger partial charge in [0.05, 0.1) is 19.8 Å². The van der Waals surface area contributed by atoms with Crippen molar-refractivity contribution in [2.24, 2.45) is 0 Å². The Bertz CT molecular complexity index is 995. The zero-order valence-electron chi connectivity index (χ0n) is 26.7. The highest BCUT2D eigenvalue weighted by molar-refractivity contribution is 5.69. The van der Waals surface area contributed by atoms with Gasteiger partial charge in [0, 0.05) is 31.2 Å². The zero-order chi connectivity index (χ0) is 31.8. The Morgan fingerprint density at radius 3 is 1.74 bits per heavy atom. The minimum Gasteiger partial charge on any atom is -0.490 e. The van der Waals surface area contributed by atoms with E-state index in [1.807, 2.05) is 32.9 Å². The molecule has 7 heteroatoms. The lowest BCUT2D eigenvalue weighted by Crippen LogP contribution is -2.23. The molecular weight excluding hydrogens is 542 g/mol. The van der Waals surface area contributed by atoms with E-state index in [1.54, 1.807) is 0 Å². The number of aliphatic hydroxyl groups is 1. The van der Waals surface area contributed by atoms with Crippen molar-refractivity contribution in [3.63, 3.8) is 0 Å². The maximum atomic E-state index is 11.9. The van der Waals surface area contributed by atoms with Crippen molar-refractivity contribution >= 4 is 5.97 Å². The molecule has 0 aromatic heterocycles. The molecule has 43 heavy (non-hydrogen) atoms. The van der Waals surface area contributed by atoms with Crippen molar-refractivity contribution in [1.82, 2.24) is 5.32 Å². The second kappa shape index (κ2) is 23.2. The van der Waals surface area contributed by atoms with Gasteiger partial charge >= 0.3 is 5.97 Å². The van der Waals surface area contributed by atoms with Crippen LogP contribution in [-0.4, -0.2) is 43.0 Å². The van der Waals surface area contributed by atoms with E-state index in [0.717, 1.165) is 64.2 Å². The van der Waals surface area contributed by atoms with E-state index in [2.05, 4.69) is 23.1 Å². The van der Waals surface area contributed by atoms with E-state index >= 15 is 0 Å². The number of rotatable bonds is 24. The molecule has 0 bridgehead atoms. The van der Waals surface area contributed by atoms with Crippen LogP contribution in [0.3, 0.4) is 0 Å². The molecule has 1 atom stereocenters. The van der Waals surface area contributed by atoms with Crippen molar-refractivity contribution in [2.45, 2.75) is 122 Å². The average Bonchev–Trinajstić information content (AvgIpc) is 2.95. The third kappa shape index (κ3) is 18.8. The molecule has 0 spiro atoms. The summed E-state index contributed by atoms with van der Waals surface area (Å²) in [6.07, 6.45) is 26.2. The predicted molar refractivity (Wildman–Crippen MR) is 173 cm³/mol. The van der Waals surface area contributed by atoms with Gasteiger partial charge in [0.25, 0.3) is 0 Å². The van der Waals surface area contributed by atoms with E-state index in [1.165, 1.54) is 0 Å². The van der Waals surface area contributed by atoms with Crippen molar-refractivity contribution in [1.29, 1.82) is 0 Å². The number of esters is 1. The van der Waals surface area contributed by atoms with Crippen LogP contribution in [0.4, 0.5) is 0 Å². The SMILES string of the molecule is C#CCCCCOc1cc(C(O)NCCCCCCC(=O)OC(C)(C)C)cc(OCCCCC#C)c1OCCCCC#C. The van der Waals surface area contributed by atoms with Gasteiger partial charge in [0.15, 0.2) is 11.5 Å². The summed E-state index contributed by atoms with van der Waals surface area (Å²) in [4.78, 5) is 11.9. The quantitative estimate of drug-likeness (QED) is 0.0570. The number of nitrogens with one attached hydrogen (secondary N) is 1. The summed E-state index contributed by atoms with van der Waals surface area (Å²) in [7, 11) is 0. The highest BCUT2D eigenvalue weighted by Gasteiger charge is 2.19. The van der Waals surface area contributed by atoms with E-state index in [9.17, 15) is 9.90 Å². The van der Waals surface area contributed by atoms with E-state index < -0.39 is 11.8 Å². The van der Waals surface area contributed by atoms with Gasteiger partial charge in [-0.2, -0.15) is 0 Å². The predicted octanol–water partition coefficient (Wildman–Crippen LogP) is 7.11. The molecule has 7 nitrogen and oxygen atoms in total. The Labute approximate surface area is 260 Å². The molecule has 0 saturated carbocycles. The molecule has 0 saturated heterocycles. The van der Waals surface area contributed by atoms with Crippen LogP contribution in [0.15, 0.2) is 12.1 Å². The fourth-order valence-electron chi connectivity index (χ4n) is 4.13. The molecule has 0 aliphatic heterocycles. The third-order valence-corrected chi connectivity index (χ3v) is 6.33. The molecule has 238 valence electrons. The normalized spacial score (nSPS) is 11.6. The summed E-state index contributed by atoms with van der Waals surface area (Å²) in [5, 5.41) is 14.2. The smallest absolute Gasteiger partial charge is 0.306 e. The van der Waals surface area contributed by atoms with Gasteiger partial charge in [-0.25, -0.2) is 0 Å². The Morgan fingerprint density at radius 2 is 1.26 bits per heavy atom. The number of unbranched alkanes of at least 4 members (excludes halogenated alkanes) is 9. The molecule has 0 heterocycles. The largest absolute Gasteiger partial charge is 0.490 e. The second-order valence-electron chi connectivity index (χ2n) is 11.5. The lowest BCUT2D eigenvalue weighted by Gasteiger charge is -2.21. The molecule has 0 aliphatic carbocycles. The van der Waals surface area contributed by atoms with E-state index in [-0.39, 0.29) is 5.97 Å². The first-order valence-electron chi connectivity index (χ1n) is 15.7. The molecule has 1 unspecified atom stereocenters. The maximum Gasteiger partial charge on any atom is 0.306 e. The van der Waals surface area contributed by atoms with Crippen molar-refractivity contribution in [3.05, 3.63) is 17.7 Å². The monoisotopic (exact) mass is 595 g/mol. The van der Waals surface area contributed by atoms with Crippen LogP contribution in [0.25, 0.3) is 0 Å². The highest BCUT2D eigenvalue weighted by atomic mass is 16.6. The molecule has 1 rings (SSSR count). The fraction of sp³-hybridized carbons (Fsp3) is 0.639. The summed E-state index contributed by atoms with van der Waals surface area (Å²) in [5.74, 6) is 9.37. The van der Waals surface area contributed by atoms with Crippen LogP contribution in [0, 0.1) is 37.0 Å². The van der Waals surface area contributed by atoms with E-state index in [4.69, 9.17) is 38.2 Å². The van der Waals surface area contributed by atoms with Crippen molar-refractivity contribution in [3.8, 4) is 54.3 Å². The molecule has 1 aromatic carbocycles. The zero-order valence-corrected chi connectivity index (χ0v) is 26.7.